The molecule has 1 amide bonds. The van der Waals surface area contributed by atoms with Crippen LogP contribution >= 0.6 is 22.9 Å². The van der Waals surface area contributed by atoms with Gasteiger partial charge in [-0.15, -0.1) is 0 Å². The van der Waals surface area contributed by atoms with Gasteiger partial charge in [0.2, 0.25) is 5.91 Å². The fraction of sp³-hybridized carbons (Fsp3) is 0.500. The Morgan fingerprint density at radius 2 is 2.18 bits per heavy atom. The number of aryl methyl sites for hydroxylation is 1. The Bertz CT molecular complexity index is 734. The molecule has 120 valence electrons. The molecule has 0 atom stereocenters. The minimum Gasteiger partial charge on any atom is -0.380 e. The maximum Gasteiger partial charge on any atom is 0.248 e. The minimum atomic E-state index is -0.0806. The molecule has 0 spiro atoms. The minimum absolute atomic E-state index is 0.0806. The molecule has 0 radical (unpaired) electrons. The summed E-state index contributed by atoms with van der Waals surface area (Å²) in [5.41, 5.74) is 2.05. The number of hydrogen-bond acceptors (Lipinski definition) is 3. The van der Waals surface area contributed by atoms with Gasteiger partial charge in [0.15, 0.2) is 4.80 Å². The first kappa shape index (κ1) is 17.2. The van der Waals surface area contributed by atoms with Crippen molar-refractivity contribution in [3.63, 3.8) is 0 Å². The van der Waals surface area contributed by atoms with Crippen molar-refractivity contribution in [3.8, 4) is 0 Å². The van der Waals surface area contributed by atoms with Gasteiger partial charge in [0.05, 0.1) is 16.8 Å². The number of carbonyl (C=O) groups excluding carboxylic acids is 1. The third-order valence-corrected chi connectivity index (χ3v) is 4.83. The predicted molar refractivity (Wildman–Crippen MR) is 91.5 cm³/mol. The number of amides is 1. The highest BCUT2D eigenvalue weighted by Gasteiger charge is 2.12. The highest BCUT2D eigenvalue weighted by molar-refractivity contribution is 7.16. The van der Waals surface area contributed by atoms with Crippen LogP contribution in [0.15, 0.2) is 17.1 Å². The van der Waals surface area contributed by atoms with E-state index in [1.54, 1.807) is 0 Å². The van der Waals surface area contributed by atoms with Gasteiger partial charge in [0.25, 0.3) is 0 Å². The van der Waals surface area contributed by atoms with Crippen molar-refractivity contribution in [1.29, 1.82) is 0 Å². The van der Waals surface area contributed by atoms with E-state index in [1.165, 1.54) is 11.3 Å². The van der Waals surface area contributed by atoms with E-state index in [9.17, 15) is 4.79 Å². The molecule has 1 heterocycles. The Hall–Kier alpha value is -1.17. The number of rotatable bonds is 6. The van der Waals surface area contributed by atoms with Gasteiger partial charge in [-0.2, -0.15) is 4.99 Å². The smallest absolute Gasteiger partial charge is 0.248 e. The first-order valence-corrected chi connectivity index (χ1v) is 8.71. The average molecular weight is 341 g/mol. The topological polar surface area (TPSA) is 43.6 Å². The second-order valence-corrected chi connectivity index (χ2v) is 6.42. The number of thiazole rings is 1. The normalized spacial score (nSPS) is 12.3. The molecule has 4 nitrogen and oxygen atoms in total. The Balaban J connectivity index is 2.56. The number of ether oxygens (including phenoxy) is 1. The molecule has 1 aromatic heterocycles. The molecule has 6 heteroatoms. The van der Waals surface area contributed by atoms with Crippen LogP contribution in [0.5, 0.6) is 0 Å². The number of carbonyl (C=O) groups is 1. The number of fused-ring (bicyclic) bond motifs is 1. The molecule has 2 rings (SSSR count). The van der Waals surface area contributed by atoms with Crippen LogP contribution in [0.4, 0.5) is 0 Å². The molecular formula is C16H21ClN2O2S. The van der Waals surface area contributed by atoms with E-state index in [2.05, 4.69) is 4.99 Å². The van der Waals surface area contributed by atoms with Crippen LogP contribution in [0.2, 0.25) is 5.02 Å². The summed E-state index contributed by atoms with van der Waals surface area (Å²) in [6.45, 7) is 7.85. The van der Waals surface area contributed by atoms with E-state index in [0.29, 0.717) is 26.2 Å². The zero-order valence-electron chi connectivity index (χ0n) is 13.2. The number of hydrogen-bond donors (Lipinski definition) is 0. The SMILES string of the molecule is CCCC(=O)N=c1sc2ccc(Cl)c(C)c2n1CCOCC. The molecule has 0 saturated heterocycles. The first-order valence-electron chi connectivity index (χ1n) is 7.52. The first-order chi connectivity index (χ1) is 10.6. The van der Waals surface area contributed by atoms with Crippen LogP contribution in [-0.2, 0) is 16.1 Å². The van der Waals surface area contributed by atoms with Crippen molar-refractivity contribution in [2.24, 2.45) is 4.99 Å². The monoisotopic (exact) mass is 340 g/mol. The Labute approximate surface area is 139 Å². The Morgan fingerprint density at radius 3 is 2.86 bits per heavy atom. The van der Waals surface area contributed by atoms with E-state index >= 15 is 0 Å². The van der Waals surface area contributed by atoms with Gasteiger partial charge < -0.3 is 9.30 Å². The van der Waals surface area contributed by atoms with Gasteiger partial charge in [0.1, 0.15) is 0 Å². The third-order valence-electron chi connectivity index (χ3n) is 3.38. The fourth-order valence-electron chi connectivity index (χ4n) is 2.28. The van der Waals surface area contributed by atoms with Gasteiger partial charge in [-0.1, -0.05) is 29.9 Å². The van der Waals surface area contributed by atoms with E-state index in [-0.39, 0.29) is 5.91 Å². The van der Waals surface area contributed by atoms with Gasteiger partial charge in [-0.05, 0) is 38.0 Å². The fourth-order valence-corrected chi connectivity index (χ4v) is 3.57. The summed E-state index contributed by atoms with van der Waals surface area (Å²) in [6.07, 6.45) is 1.27. The van der Waals surface area contributed by atoms with Crippen molar-refractivity contribution in [3.05, 3.63) is 27.5 Å². The second-order valence-electron chi connectivity index (χ2n) is 5.01. The van der Waals surface area contributed by atoms with Crippen LogP contribution in [-0.4, -0.2) is 23.7 Å². The van der Waals surface area contributed by atoms with E-state index in [4.69, 9.17) is 16.3 Å². The molecule has 0 unspecified atom stereocenters. The third kappa shape index (κ3) is 3.77. The number of aromatic nitrogens is 1. The molecule has 0 saturated carbocycles. The second kappa shape index (κ2) is 7.90. The lowest BCUT2D eigenvalue weighted by atomic mass is 10.2. The van der Waals surface area contributed by atoms with Gasteiger partial charge >= 0.3 is 0 Å². The molecular weight excluding hydrogens is 320 g/mol. The zero-order valence-corrected chi connectivity index (χ0v) is 14.8. The zero-order chi connectivity index (χ0) is 16.1. The maximum atomic E-state index is 11.9. The average Bonchev–Trinajstić information content (AvgIpc) is 2.82. The molecule has 1 aromatic carbocycles. The maximum absolute atomic E-state index is 11.9. The quantitative estimate of drug-likeness (QED) is 0.748. The summed E-state index contributed by atoms with van der Waals surface area (Å²) in [5, 5.41) is 0.724. The van der Waals surface area contributed by atoms with Crippen LogP contribution in [0, 0.1) is 6.92 Å². The Morgan fingerprint density at radius 1 is 1.41 bits per heavy atom. The Kier molecular flexibility index (Phi) is 6.17. The van der Waals surface area contributed by atoms with Crippen molar-refractivity contribution < 1.29 is 9.53 Å². The standard InChI is InChI=1S/C16H21ClN2O2S/c1-4-6-14(20)18-16-19(9-10-21-5-2)15-11(3)12(17)7-8-13(15)22-16/h7-8H,4-6,9-10H2,1-3H3. The van der Waals surface area contributed by atoms with Crippen molar-refractivity contribution in [1.82, 2.24) is 4.57 Å². The lowest BCUT2D eigenvalue weighted by Gasteiger charge is -2.08. The van der Waals surface area contributed by atoms with E-state index in [1.807, 2.05) is 37.5 Å². The van der Waals surface area contributed by atoms with Crippen LogP contribution in [0.3, 0.4) is 0 Å². The lowest BCUT2D eigenvalue weighted by Crippen LogP contribution is -2.20. The molecule has 0 N–H and O–H groups in total. The van der Waals surface area contributed by atoms with E-state index < -0.39 is 0 Å². The van der Waals surface area contributed by atoms with Gasteiger partial charge in [0, 0.05) is 24.6 Å². The van der Waals surface area contributed by atoms with Gasteiger partial charge in [-0.3, -0.25) is 4.79 Å². The number of nitrogens with zero attached hydrogens (tertiary/aromatic N) is 2. The largest absolute Gasteiger partial charge is 0.380 e. The summed E-state index contributed by atoms with van der Waals surface area (Å²) in [7, 11) is 0. The summed E-state index contributed by atoms with van der Waals surface area (Å²) in [5.74, 6) is -0.0806. The molecule has 0 fully saturated rings. The number of halogens is 1. The molecule has 2 aromatic rings. The van der Waals surface area contributed by atoms with Crippen LogP contribution in [0.1, 0.15) is 32.3 Å². The predicted octanol–water partition coefficient (Wildman–Crippen LogP) is 3.93. The molecule has 0 bridgehead atoms. The molecule has 22 heavy (non-hydrogen) atoms. The van der Waals surface area contributed by atoms with Gasteiger partial charge in [-0.25, -0.2) is 0 Å². The number of benzene rings is 1. The molecule has 0 aliphatic rings. The summed E-state index contributed by atoms with van der Waals surface area (Å²) in [6, 6.07) is 3.87. The van der Waals surface area contributed by atoms with Crippen molar-refractivity contribution >= 4 is 39.1 Å². The molecule has 0 aliphatic carbocycles. The van der Waals surface area contributed by atoms with E-state index in [0.717, 1.165) is 32.0 Å². The van der Waals surface area contributed by atoms with Crippen LogP contribution < -0.4 is 4.80 Å². The highest BCUT2D eigenvalue weighted by atomic mass is 35.5. The summed E-state index contributed by atoms with van der Waals surface area (Å²) >= 11 is 7.77. The van der Waals surface area contributed by atoms with Crippen LogP contribution in [0.25, 0.3) is 10.2 Å². The van der Waals surface area contributed by atoms with Crippen molar-refractivity contribution in [2.45, 2.75) is 40.2 Å². The highest BCUT2D eigenvalue weighted by Crippen LogP contribution is 2.27. The molecule has 0 aliphatic heterocycles. The summed E-state index contributed by atoms with van der Waals surface area (Å²) < 4.78 is 8.59. The lowest BCUT2D eigenvalue weighted by molar-refractivity contribution is -0.118. The van der Waals surface area contributed by atoms with Crippen molar-refractivity contribution in [2.75, 3.05) is 13.2 Å². The summed E-state index contributed by atoms with van der Waals surface area (Å²) in [4.78, 5) is 16.9.